The summed E-state index contributed by atoms with van der Waals surface area (Å²) in [5, 5.41) is 0. The predicted octanol–water partition coefficient (Wildman–Crippen LogP) is 2.19. The van der Waals surface area contributed by atoms with Crippen molar-refractivity contribution < 1.29 is 14.2 Å². The third-order valence-electron chi connectivity index (χ3n) is 1.70. The topological polar surface area (TPSA) is 27.7 Å². The normalized spacial score (nSPS) is 14.5. The molecule has 0 rings (SSSR count). The van der Waals surface area contributed by atoms with Gasteiger partial charge in [-0.2, -0.15) is 0 Å². The Hall–Kier alpha value is -0.640. The summed E-state index contributed by atoms with van der Waals surface area (Å²) in [4.78, 5) is 0. The average Bonchev–Trinajstić information content (AvgIpc) is 2.24. The van der Waals surface area contributed by atoms with E-state index >= 15 is 0 Å². The van der Waals surface area contributed by atoms with Crippen molar-refractivity contribution >= 4 is 0 Å². The molecule has 0 aromatic rings. The number of hydrogen-bond donors (Lipinski definition) is 0. The van der Waals surface area contributed by atoms with Crippen molar-refractivity contribution in [2.24, 2.45) is 0 Å². The van der Waals surface area contributed by atoms with E-state index in [0.717, 1.165) is 0 Å². The fraction of sp³-hybridized carbons (Fsp3) is 0.667. The second kappa shape index (κ2) is 9.90. The Morgan fingerprint density at radius 3 is 2.13 bits per heavy atom. The first-order chi connectivity index (χ1) is 7.20. The van der Waals surface area contributed by atoms with E-state index in [1.807, 2.05) is 13.8 Å². The van der Waals surface area contributed by atoms with Gasteiger partial charge in [0.05, 0.1) is 38.6 Å². The molecule has 0 saturated carbocycles. The lowest BCUT2D eigenvalue weighted by molar-refractivity contribution is -0.0490. The van der Waals surface area contributed by atoms with Crippen molar-refractivity contribution in [1.82, 2.24) is 0 Å². The van der Waals surface area contributed by atoms with Gasteiger partial charge < -0.3 is 14.2 Å². The minimum absolute atomic E-state index is 0.0831. The van der Waals surface area contributed by atoms with Crippen LogP contribution >= 0.6 is 0 Å². The fourth-order valence-corrected chi connectivity index (χ4v) is 0.946. The maximum Gasteiger partial charge on any atom is 0.0784 e. The molecule has 0 heterocycles. The highest BCUT2D eigenvalue weighted by molar-refractivity contribution is 4.66. The van der Waals surface area contributed by atoms with Gasteiger partial charge in [0.25, 0.3) is 0 Å². The Morgan fingerprint density at radius 1 is 0.933 bits per heavy atom. The van der Waals surface area contributed by atoms with Crippen LogP contribution in [0, 0.1) is 0 Å². The Morgan fingerprint density at radius 2 is 1.53 bits per heavy atom. The number of rotatable bonds is 10. The molecule has 0 amide bonds. The van der Waals surface area contributed by atoms with Gasteiger partial charge in [0.2, 0.25) is 0 Å². The molecule has 0 fully saturated rings. The highest BCUT2D eigenvalue weighted by Gasteiger charge is 2.06. The predicted molar refractivity (Wildman–Crippen MR) is 62.0 cm³/mol. The lowest BCUT2D eigenvalue weighted by Crippen LogP contribution is -2.23. The van der Waals surface area contributed by atoms with Crippen LogP contribution in [0.2, 0.25) is 0 Å². The number of ether oxygens (including phenoxy) is 3. The molecule has 0 radical (unpaired) electrons. The smallest absolute Gasteiger partial charge is 0.0784 e. The van der Waals surface area contributed by atoms with Crippen LogP contribution < -0.4 is 0 Å². The monoisotopic (exact) mass is 214 g/mol. The van der Waals surface area contributed by atoms with Crippen LogP contribution in [-0.4, -0.2) is 38.6 Å². The van der Waals surface area contributed by atoms with Crippen LogP contribution in [0.25, 0.3) is 0 Å². The van der Waals surface area contributed by atoms with Gasteiger partial charge in [0, 0.05) is 0 Å². The van der Waals surface area contributed by atoms with Crippen LogP contribution in [0.15, 0.2) is 25.3 Å². The van der Waals surface area contributed by atoms with E-state index in [2.05, 4.69) is 13.2 Å². The van der Waals surface area contributed by atoms with E-state index in [1.165, 1.54) is 0 Å². The molecule has 0 aliphatic carbocycles. The van der Waals surface area contributed by atoms with Crippen molar-refractivity contribution in [1.29, 1.82) is 0 Å². The van der Waals surface area contributed by atoms with Gasteiger partial charge in [-0.3, -0.25) is 0 Å². The van der Waals surface area contributed by atoms with E-state index in [0.29, 0.717) is 26.4 Å². The van der Waals surface area contributed by atoms with E-state index in [-0.39, 0.29) is 12.2 Å². The van der Waals surface area contributed by atoms with Crippen LogP contribution in [0.3, 0.4) is 0 Å². The highest BCUT2D eigenvalue weighted by atomic mass is 16.6. The molecule has 0 aliphatic rings. The summed E-state index contributed by atoms with van der Waals surface area (Å²) in [6, 6.07) is 0. The maximum atomic E-state index is 5.53. The minimum Gasteiger partial charge on any atom is -0.375 e. The van der Waals surface area contributed by atoms with E-state index in [1.54, 1.807) is 12.2 Å². The van der Waals surface area contributed by atoms with Gasteiger partial charge in [0.15, 0.2) is 0 Å². The van der Waals surface area contributed by atoms with Crippen molar-refractivity contribution in [3.8, 4) is 0 Å². The summed E-state index contributed by atoms with van der Waals surface area (Å²) in [5.74, 6) is 0. The first kappa shape index (κ1) is 14.4. The zero-order valence-electron chi connectivity index (χ0n) is 9.78. The zero-order valence-corrected chi connectivity index (χ0v) is 9.78. The van der Waals surface area contributed by atoms with Crippen LogP contribution in [-0.2, 0) is 14.2 Å². The molecule has 2 atom stereocenters. The Balaban J connectivity index is 3.38. The number of hydrogen-bond acceptors (Lipinski definition) is 3. The molecule has 0 saturated heterocycles. The Kier molecular flexibility index (Phi) is 9.48. The molecule has 0 N–H and O–H groups in total. The summed E-state index contributed by atoms with van der Waals surface area (Å²) >= 11 is 0. The van der Waals surface area contributed by atoms with Crippen molar-refractivity contribution in [2.75, 3.05) is 26.4 Å². The lowest BCUT2D eigenvalue weighted by atomic mass is 10.4. The van der Waals surface area contributed by atoms with Gasteiger partial charge in [0.1, 0.15) is 0 Å². The molecule has 0 aromatic carbocycles. The minimum atomic E-state index is 0.0831. The third kappa shape index (κ3) is 9.66. The van der Waals surface area contributed by atoms with Crippen LogP contribution in [0.1, 0.15) is 13.8 Å². The zero-order chi connectivity index (χ0) is 11.5. The molecule has 0 aliphatic heterocycles. The van der Waals surface area contributed by atoms with Crippen molar-refractivity contribution in [3.63, 3.8) is 0 Å². The summed E-state index contributed by atoms with van der Waals surface area (Å²) in [5.41, 5.74) is 0. The lowest BCUT2D eigenvalue weighted by Gasteiger charge is -2.16. The highest BCUT2D eigenvalue weighted by Crippen LogP contribution is 1.97. The average molecular weight is 214 g/mol. The standard InChI is InChI=1S/C12H22O3/c1-5-7-13-9-11(3)15-10-12(4)14-8-6-2/h5-6,11-12H,1-2,7-10H2,3-4H3. The SMILES string of the molecule is C=CCOCC(C)OCC(C)OCC=C. The molecule has 15 heavy (non-hydrogen) atoms. The summed E-state index contributed by atoms with van der Waals surface area (Å²) in [6.45, 7) is 13.4. The Bertz CT molecular complexity index is 168. The first-order valence-electron chi connectivity index (χ1n) is 5.23. The largest absolute Gasteiger partial charge is 0.375 e. The van der Waals surface area contributed by atoms with Crippen LogP contribution in [0.5, 0.6) is 0 Å². The summed E-state index contributed by atoms with van der Waals surface area (Å²) < 4.78 is 16.2. The summed E-state index contributed by atoms with van der Waals surface area (Å²) in [7, 11) is 0. The van der Waals surface area contributed by atoms with Gasteiger partial charge in [-0.1, -0.05) is 12.2 Å². The molecular weight excluding hydrogens is 192 g/mol. The van der Waals surface area contributed by atoms with Gasteiger partial charge in [-0.15, -0.1) is 13.2 Å². The van der Waals surface area contributed by atoms with E-state index < -0.39 is 0 Å². The fourth-order valence-electron chi connectivity index (χ4n) is 0.946. The van der Waals surface area contributed by atoms with Crippen molar-refractivity contribution in [2.45, 2.75) is 26.1 Å². The molecule has 0 spiro atoms. The maximum absolute atomic E-state index is 5.53. The summed E-state index contributed by atoms with van der Waals surface area (Å²) in [6.07, 6.45) is 3.62. The molecule has 88 valence electrons. The molecule has 2 unspecified atom stereocenters. The third-order valence-corrected chi connectivity index (χ3v) is 1.70. The molecule has 0 aromatic heterocycles. The van der Waals surface area contributed by atoms with Crippen molar-refractivity contribution in [3.05, 3.63) is 25.3 Å². The van der Waals surface area contributed by atoms with E-state index in [9.17, 15) is 0 Å². The Labute approximate surface area is 92.7 Å². The molecule has 0 bridgehead atoms. The first-order valence-corrected chi connectivity index (χ1v) is 5.23. The van der Waals surface area contributed by atoms with E-state index in [4.69, 9.17) is 14.2 Å². The second-order valence-corrected chi connectivity index (χ2v) is 3.40. The molecule has 3 heteroatoms. The quantitative estimate of drug-likeness (QED) is 0.412. The van der Waals surface area contributed by atoms with Crippen LogP contribution in [0.4, 0.5) is 0 Å². The second-order valence-electron chi connectivity index (χ2n) is 3.40. The molecular formula is C12H22O3. The van der Waals surface area contributed by atoms with Gasteiger partial charge in [-0.05, 0) is 13.8 Å². The van der Waals surface area contributed by atoms with Gasteiger partial charge in [-0.25, -0.2) is 0 Å². The molecule has 3 nitrogen and oxygen atoms in total. The van der Waals surface area contributed by atoms with Gasteiger partial charge >= 0.3 is 0 Å².